The maximum Gasteiger partial charge on any atom is 0.118 e. The van der Waals surface area contributed by atoms with Gasteiger partial charge in [-0.25, -0.2) is 0 Å². The summed E-state index contributed by atoms with van der Waals surface area (Å²) in [5.41, 5.74) is 3.81. The highest BCUT2D eigenvalue weighted by Crippen LogP contribution is 2.41. The summed E-state index contributed by atoms with van der Waals surface area (Å²) in [6.07, 6.45) is 4.04. The van der Waals surface area contributed by atoms with E-state index in [9.17, 15) is 0 Å². The van der Waals surface area contributed by atoms with Crippen LogP contribution in [-0.2, 0) is 17.8 Å². The van der Waals surface area contributed by atoms with Crippen LogP contribution in [0.4, 0.5) is 0 Å². The summed E-state index contributed by atoms with van der Waals surface area (Å²) in [5.74, 6) is 0.872. The van der Waals surface area contributed by atoms with E-state index in [1.54, 1.807) is 7.11 Å². The molecule has 0 radical (unpaired) electrons. The molecule has 3 rings (SSSR count). The highest BCUT2D eigenvalue weighted by Gasteiger charge is 2.33. The molecule has 0 saturated heterocycles. The minimum Gasteiger partial charge on any atom is -0.497 e. The molecule has 1 aromatic heterocycles. The summed E-state index contributed by atoms with van der Waals surface area (Å²) >= 11 is 0. The van der Waals surface area contributed by atoms with Crippen molar-refractivity contribution in [2.45, 2.75) is 39.4 Å². The van der Waals surface area contributed by atoms with Crippen molar-refractivity contribution >= 4 is 0 Å². The molecule has 0 aliphatic heterocycles. The average Bonchev–Trinajstić information content (AvgIpc) is 2.52. The van der Waals surface area contributed by atoms with Gasteiger partial charge in [-0.3, -0.25) is 4.98 Å². The molecule has 3 nitrogen and oxygen atoms in total. The normalized spacial score (nSPS) is 19.5. The highest BCUT2D eigenvalue weighted by atomic mass is 16.5. The lowest BCUT2D eigenvalue weighted by molar-refractivity contribution is 0.000913. The van der Waals surface area contributed by atoms with Crippen molar-refractivity contribution in [3.8, 4) is 5.75 Å². The monoisotopic (exact) mass is 297 g/mol. The van der Waals surface area contributed by atoms with Gasteiger partial charge < -0.3 is 9.47 Å². The Morgan fingerprint density at radius 3 is 2.68 bits per heavy atom. The fourth-order valence-electron chi connectivity index (χ4n) is 3.10. The zero-order chi connectivity index (χ0) is 15.6. The molecule has 3 heteroatoms. The number of hydrogen-bond acceptors (Lipinski definition) is 3. The molecule has 1 aliphatic rings. The molecule has 1 heterocycles. The Kier molecular flexibility index (Phi) is 4.16. The van der Waals surface area contributed by atoms with Gasteiger partial charge in [0.2, 0.25) is 0 Å². The fourth-order valence-corrected chi connectivity index (χ4v) is 3.10. The Hall–Kier alpha value is -1.87. The number of rotatable bonds is 4. The van der Waals surface area contributed by atoms with Crippen LogP contribution in [-0.4, -0.2) is 12.1 Å². The van der Waals surface area contributed by atoms with Crippen LogP contribution in [0, 0.1) is 5.41 Å². The van der Waals surface area contributed by atoms with Crippen molar-refractivity contribution < 1.29 is 9.47 Å². The number of pyridine rings is 1. The number of aromatic nitrogens is 1. The number of hydrogen-bond donors (Lipinski definition) is 0. The molecule has 1 aliphatic carbocycles. The largest absolute Gasteiger partial charge is 0.497 e. The van der Waals surface area contributed by atoms with Gasteiger partial charge in [-0.2, -0.15) is 0 Å². The van der Waals surface area contributed by atoms with E-state index in [0.29, 0.717) is 6.61 Å². The molecule has 1 unspecified atom stereocenters. The van der Waals surface area contributed by atoms with Crippen LogP contribution in [0.1, 0.15) is 43.2 Å². The summed E-state index contributed by atoms with van der Waals surface area (Å²) in [6.45, 7) is 5.18. The predicted molar refractivity (Wildman–Crippen MR) is 86.9 cm³/mol. The molecular formula is C19H23NO2. The van der Waals surface area contributed by atoms with Crippen molar-refractivity contribution in [3.05, 3.63) is 59.4 Å². The van der Waals surface area contributed by atoms with Crippen LogP contribution in [0.2, 0.25) is 0 Å². The molecule has 116 valence electrons. The van der Waals surface area contributed by atoms with Crippen molar-refractivity contribution in [1.82, 2.24) is 4.98 Å². The van der Waals surface area contributed by atoms with Crippen molar-refractivity contribution in [2.75, 3.05) is 7.11 Å². The van der Waals surface area contributed by atoms with E-state index in [1.165, 1.54) is 11.3 Å². The lowest BCUT2D eigenvalue weighted by Gasteiger charge is -2.36. The van der Waals surface area contributed by atoms with E-state index in [2.05, 4.69) is 37.0 Å². The molecule has 1 atom stereocenters. The number of benzene rings is 1. The summed E-state index contributed by atoms with van der Waals surface area (Å²) in [6, 6.07) is 12.2. The second-order valence-corrected chi connectivity index (χ2v) is 6.73. The summed E-state index contributed by atoms with van der Waals surface area (Å²) in [7, 11) is 1.68. The number of methoxy groups -OCH3 is 1. The molecule has 0 fully saturated rings. The predicted octanol–water partition coefficient (Wildman–Crippen LogP) is 4.32. The highest BCUT2D eigenvalue weighted by molar-refractivity contribution is 5.28. The van der Waals surface area contributed by atoms with E-state index in [-0.39, 0.29) is 11.5 Å². The van der Waals surface area contributed by atoms with Crippen LogP contribution in [0.5, 0.6) is 5.75 Å². The lowest BCUT2D eigenvalue weighted by Crippen LogP contribution is -2.27. The number of fused-ring (bicyclic) bond motifs is 1. The van der Waals surface area contributed by atoms with E-state index in [1.807, 2.05) is 24.4 Å². The van der Waals surface area contributed by atoms with Gasteiger partial charge in [0, 0.05) is 17.5 Å². The van der Waals surface area contributed by atoms with Crippen LogP contribution in [0.15, 0.2) is 42.6 Å². The van der Waals surface area contributed by atoms with Gasteiger partial charge in [-0.1, -0.05) is 32.0 Å². The summed E-state index contributed by atoms with van der Waals surface area (Å²) in [4.78, 5) is 4.55. The lowest BCUT2D eigenvalue weighted by atomic mass is 9.75. The first-order chi connectivity index (χ1) is 10.6. The Balaban J connectivity index is 1.74. The van der Waals surface area contributed by atoms with Crippen LogP contribution >= 0.6 is 0 Å². The molecule has 0 N–H and O–H groups in total. The van der Waals surface area contributed by atoms with Crippen LogP contribution in [0.3, 0.4) is 0 Å². The Morgan fingerprint density at radius 2 is 1.95 bits per heavy atom. The van der Waals surface area contributed by atoms with Gasteiger partial charge in [0.25, 0.3) is 0 Å². The van der Waals surface area contributed by atoms with Gasteiger partial charge in [0.15, 0.2) is 0 Å². The first-order valence-electron chi connectivity index (χ1n) is 7.76. The van der Waals surface area contributed by atoms with Gasteiger partial charge in [0.1, 0.15) is 5.75 Å². The third-order valence-electron chi connectivity index (χ3n) is 4.27. The fraction of sp³-hybridized carbons (Fsp3) is 0.421. The van der Waals surface area contributed by atoms with Crippen LogP contribution < -0.4 is 4.74 Å². The molecular weight excluding hydrogens is 274 g/mol. The zero-order valence-corrected chi connectivity index (χ0v) is 13.5. The smallest absolute Gasteiger partial charge is 0.118 e. The van der Waals surface area contributed by atoms with Crippen molar-refractivity contribution in [1.29, 1.82) is 0 Å². The first kappa shape index (κ1) is 15.0. The van der Waals surface area contributed by atoms with E-state index < -0.39 is 0 Å². The third-order valence-corrected chi connectivity index (χ3v) is 4.27. The Labute approximate surface area is 132 Å². The second-order valence-electron chi connectivity index (χ2n) is 6.73. The van der Waals surface area contributed by atoms with E-state index >= 15 is 0 Å². The number of ether oxygens (including phenoxy) is 2. The minimum atomic E-state index is 0.120. The average molecular weight is 297 g/mol. The molecule has 0 saturated carbocycles. The molecule has 22 heavy (non-hydrogen) atoms. The Bertz CT molecular complexity index is 634. The second kappa shape index (κ2) is 6.09. The molecule has 2 aromatic rings. The maximum atomic E-state index is 6.22. The maximum absolute atomic E-state index is 6.22. The van der Waals surface area contributed by atoms with Gasteiger partial charge in [-0.05, 0) is 42.0 Å². The zero-order valence-electron chi connectivity index (χ0n) is 13.5. The number of nitrogens with zero attached hydrogens (tertiary/aromatic N) is 1. The Morgan fingerprint density at radius 1 is 1.18 bits per heavy atom. The first-order valence-corrected chi connectivity index (χ1v) is 7.76. The van der Waals surface area contributed by atoms with Gasteiger partial charge >= 0.3 is 0 Å². The molecule has 0 amide bonds. The summed E-state index contributed by atoms with van der Waals surface area (Å²) in [5, 5.41) is 0. The van der Waals surface area contributed by atoms with E-state index in [0.717, 1.165) is 24.2 Å². The topological polar surface area (TPSA) is 31.4 Å². The van der Waals surface area contributed by atoms with Gasteiger partial charge in [-0.15, -0.1) is 0 Å². The molecule has 0 spiro atoms. The van der Waals surface area contributed by atoms with Crippen LogP contribution in [0.25, 0.3) is 0 Å². The quantitative estimate of drug-likeness (QED) is 0.842. The minimum absolute atomic E-state index is 0.120. The van der Waals surface area contributed by atoms with Crippen molar-refractivity contribution in [2.24, 2.45) is 5.41 Å². The molecule has 1 aromatic carbocycles. The standard InChI is InChI=1S/C19H23NO2/c1-19(2)11-17-16(5-4-10-20-17)18(12-19)22-13-14-6-8-15(21-3)9-7-14/h4-10,18H,11-13H2,1-3H3. The summed E-state index contributed by atoms with van der Waals surface area (Å²) < 4.78 is 11.4. The van der Waals surface area contributed by atoms with Crippen molar-refractivity contribution in [3.63, 3.8) is 0 Å². The third kappa shape index (κ3) is 3.30. The molecule has 0 bridgehead atoms. The van der Waals surface area contributed by atoms with Gasteiger partial charge in [0.05, 0.1) is 19.8 Å². The SMILES string of the molecule is COc1ccc(COC2CC(C)(C)Cc3ncccc32)cc1. The van der Waals surface area contributed by atoms with E-state index in [4.69, 9.17) is 9.47 Å².